The van der Waals surface area contributed by atoms with Gasteiger partial charge in [0.25, 0.3) is 0 Å². The number of nitrogens with one attached hydrogen (secondary N) is 1. The molecule has 0 aliphatic rings. The van der Waals surface area contributed by atoms with E-state index in [2.05, 4.69) is 15.3 Å². The molecule has 1 aromatic heterocycles. The fourth-order valence-electron chi connectivity index (χ4n) is 1.25. The second-order valence-corrected chi connectivity index (χ2v) is 3.09. The lowest BCUT2D eigenvalue weighted by atomic mass is 10.3. The molecular formula is C11H6F2N4. The summed E-state index contributed by atoms with van der Waals surface area (Å²) in [7, 11) is 0. The van der Waals surface area contributed by atoms with E-state index in [4.69, 9.17) is 5.26 Å². The molecule has 0 fully saturated rings. The quantitative estimate of drug-likeness (QED) is 0.863. The predicted molar refractivity (Wildman–Crippen MR) is 56.4 cm³/mol. The van der Waals surface area contributed by atoms with Crippen LogP contribution in [0.1, 0.15) is 5.69 Å². The zero-order valence-electron chi connectivity index (χ0n) is 8.48. The molecular weight excluding hydrogens is 226 g/mol. The van der Waals surface area contributed by atoms with Crippen molar-refractivity contribution < 1.29 is 8.78 Å². The molecule has 0 spiro atoms. The minimum atomic E-state index is -0.764. The molecule has 0 saturated carbocycles. The van der Waals surface area contributed by atoms with E-state index in [-0.39, 0.29) is 17.2 Å². The van der Waals surface area contributed by atoms with Crippen LogP contribution in [0.2, 0.25) is 0 Å². The minimum absolute atomic E-state index is 0.0130. The van der Waals surface area contributed by atoms with E-state index >= 15 is 0 Å². The number of halogens is 2. The third kappa shape index (κ3) is 2.18. The molecule has 2 rings (SSSR count). The zero-order valence-corrected chi connectivity index (χ0v) is 8.48. The molecule has 1 N–H and O–H groups in total. The summed E-state index contributed by atoms with van der Waals surface area (Å²) in [5.74, 6) is -1.52. The number of nitriles is 1. The maximum atomic E-state index is 13.3. The molecule has 1 aromatic carbocycles. The Balaban J connectivity index is 2.42. The molecule has 6 heteroatoms. The highest BCUT2D eigenvalue weighted by molar-refractivity contribution is 5.61. The number of anilines is 2. The second-order valence-electron chi connectivity index (χ2n) is 3.09. The molecule has 0 unspecified atom stereocenters. The molecule has 0 radical (unpaired) electrons. The number of hydrogen-bond donors (Lipinski definition) is 1. The molecule has 1 heterocycles. The fraction of sp³-hybridized carbons (Fsp3) is 0. The summed E-state index contributed by atoms with van der Waals surface area (Å²) in [6.07, 6.45) is 2.64. The molecule has 0 atom stereocenters. The van der Waals surface area contributed by atoms with Crippen LogP contribution < -0.4 is 5.32 Å². The third-order valence-electron chi connectivity index (χ3n) is 2.01. The lowest BCUT2D eigenvalue weighted by Gasteiger charge is -2.07. The number of rotatable bonds is 2. The SMILES string of the molecule is N#Cc1nccnc1Nc1c(F)cccc1F. The topological polar surface area (TPSA) is 61.6 Å². The van der Waals surface area contributed by atoms with Gasteiger partial charge in [-0.15, -0.1) is 0 Å². The van der Waals surface area contributed by atoms with Crippen LogP contribution in [-0.2, 0) is 0 Å². The van der Waals surface area contributed by atoms with Gasteiger partial charge in [0.1, 0.15) is 23.4 Å². The Hall–Kier alpha value is -2.55. The Morgan fingerprint density at radius 2 is 1.76 bits per heavy atom. The standard InChI is InChI=1S/C11H6F2N4/c12-7-2-1-3-8(13)10(7)17-11-9(6-14)15-4-5-16-11/h1-5H,(H,16,17). The van der Waals surface area contributed by atoms with Crippen molar-refractivity contribution >= 4 is 11.5 Å². The fourth-order valence-corrected chi connectivity index (χ4v) is 1.25. The van der Waals surface area contributed by atoms with Crippen LogP contribution in [0.15, 0.2) is 30.6 Å². The van der Waals surface area contributed by atoms with Gasteiger partial charge in [-0.1, -0.05) is 6.07 Å². The number of hydrogen-bond acceptors (Lipinski definition) is 4. The Morgan fingerprint density at radius 1 is 1.12 bits per heavy atom. The largest absolute Gasteiger partial charge is 0.333 e. The van der Waals surface area contributed by atoms with Crippen molar-refractivity contribution in [1.29, 1.82) is 5.26 Å². The van der Waals surface area contributed by atoms with E-state index in [1.165, 1.54) is 18.5 Å². The van der Waals surface area contributed by atoms with Crippen LogP contribution in [0.5, 0.6) is 0 Å². The van der Waals surface area contributed by atoms with Crippen LogP contribution >= 0.6 is 0 Å². The van der Waals surface area contributed by atoms with Gasteiger partial charge < -0.3 is 5.32 Å². The Morgan fingerprint density at radius 3 is 2.41 bits per heavy atom. The highest BCUT2D eigenvalue weighted by Crippen LogP contribution is 2.22. The van der Waals surface area contributed by atoms with Gasteiger partial charge in [0.05, 0.1) is 0 Å². The molecule has 84 valence electrons. The van der Waals surface area contributed by atoms with Gasteiger partial charge in [-0.3, -0.25) is 0 Å². The summed E-state index contributed by atoms with van der Waals surface area (Å²) >= 11 is 0. The van der Waals surface area contributed by atoms with Gasteiger partial charge in [-0.25, -0.2) is 18.7 Å². The maximum Gasteiger partial charge on any atom is 0.183 e. The van der Waals surface area contributed by atoms with Crippen molar-refractivity contribution in [3.8, 4) is 6.07 Å². The average molecular weight is 232 g/mol. The number of para-hydroxylation sites is 1. The van der Waals surface area contributed by atoms with Crippen molar-refractivity contribution in [3.63, 3.8) is 0 Å². The normalized spacial score (nSPS) is 9.71. The van der Waals surface area contributed by atoms with Crippen LogP contribution in [0.3, 0.4) is 0 Å². The third-order valence-corrected chi connectivity index (χ3v) is 2.01. The summed E-state index contributed by atoms with van der Waals surface area (Å²) in [5.41, 5.74) is -0.389. The first-order valence-corrected chi connectivity index (χ1v) is 4.64. The molecule has 0 aliphatic carbocycles. The summed E-state index contributed by atoms with van der Waals surface area (Å²) in [6, 6.07) is 5.23. The van der Waals surface area contributed by atoms with Gasteiger partial charge in [-0.05, 0) is 12.1 Å². The molecule has 0 bridgehead atoms. The molecule has 4 nitrogen and oxygen atoms in total. The first-order chi connectivity index (χ1) is 8.22. The monoisotopic (exact) mass is 232 g/mol. The van der Waals surface area contributed by atoms with Gasteiger partial charge in [0, 0.05) is 12.4 Å². The Labute approximate surface area is 95.6 Å². The maximum absolute atomic E-state index is 13.3. The van der Waals surface area contributed by atoms with Crippen LogP contribution in [0.25, 0.3) is 0 Å². The van der Waals surface area contributed by atoms with Crippen molar-refractivity contribution in [2.45, 2.75) is 0 Å². The first-order valence-electron chi connectivity index (χ1n) is 4.64. The lowest BCUT2D eigenvalue weighted by Crippen LogP contribution is -2.02. The summed E-state index contributed by atoms with van der Waals surface area (Å²) < 4.78 is 26.7. The molecule has 0 saturated heterocycles. The smallest absolute Gasteiger partial charge is 0.183 e. The molecule has 0 aliphatic heterocycles. The van der Waals surface area contributed by atoms with Crippen LogP contribution in [0.4, 0.5) is 20.3 Å². The highest BCUT2D eigenvalue weighted by Gasteiger charge is 2.11. The van der Waals surface area contributed by atoms with Crippen molar-refractivity contribution in [2.24, 2.45) is 0 Å². The Bertz CT molecular complexity index is 572. The van der Waals surface area contributed by atoms with Gasteiger partial charge in [0.15, 0.2) is 11.5 Å². The van der Waals surface area contributed by atoms with E-state index < -0.39 is 11.6 Å². The van der Waals surface area contributed by atoms with Crippen LogP contribution in [0, 0.1) is 23.0 Å². The van der Waals surface area contributed by atoms with Crippen molar-refractivity contribution in [2.75, 3.05) is 5.32 Å². The van der Waals surface area contributed by atoms with E-state index in [0.717, 1.165) is 12.1 Å². The van der Waals surface area contributed by atoms with Gasteiger partial charge in [0.2, 0.25) is 0 Å². The van der Waals surface area contributed by atoms with Crippen molar-refractivity contribution in [3.05, 3.63) is 47.9 Å². The number of aromatic nitrogens is 2. The van der Waals surface area contributed by atoms with E-state index in [9.17, 15) is 8.78 Å². The number of nitrogens with zero attached hydrogens (tertiary/aromatic N) is 3. The average Bonchev–Trinajstić information content (AvgIpc) is 2.34. The van der Waals surface area contributed by atoms with E-state index in [1.54, 1.807) is 6.07 Å². The first kappa shape index (κ1) is 11.0. The predicted octanol–water partition coefficient (Wildman–Crippen LogP) is 2.37. The second kappa shape index (κ2) is 4.53. The minimum Gasteiger partial charge on any atom is -0.333 e. The molecule has 0 amide bonds. The lowest BCUT2D eigenvalue weighted by molar-refractivity contribution is 0.590. The van der Waals surface area contributed by atoms with E-state index in [0.29, 0.717) is 0 Å². The van der Waals surface area contributed by atoms with Gasteiger partial charge in [-0.2, -0.15) is 5.26 Å². The number of benzene rings is 1. The van der Waals surface area contributed by atoms with Gasteiger partial charge >= 0.3 is 0 Å². The zero-order chi connectivity index (χ0) is 12.3. The molecule has 17 heavy (non-hydrogen) atoms. The summed E-state index contributed by atoms with van der Waals surface area (Å²) in [6.45, 7) is 0. The highest BCUT2D eigenvalue weighted by atomic mass is 19.1. The summed E-state index contributed by atoms with van der Waals surface area (Å²) in [5, 5.41) is 11.2. The van der Waals surface area contributed by atoms with Crippen LogP contribution in [-0.4, -0.2) is 9.97 Å². The van der Waals surface area contributed by atoms with Crippen molar-refractivity contribution in [1.82, 2.24) is 9.97 Å². The summed E-state index contributed by atoms with van der Waals surface area (Å²) in [4.78, 5) is 7.52. The van der Waals surface area contributed by atoms with E-state index in [1.807, 2.05) is 0 Å². The molecule has 2 aromatic rings. The Kier molecular flexibility index (Phi) is 2.92.